The summed E-state index contributed by atoms with van der Waals surface area (Å²) in [4.78, 5) is 13.2. The number of nitrogens with zero attached hydrogens (tertiary/aromatic N) is 1. The number of likely N-dealkylation sites (tertiary alicyclic amines) is 1. The van der Waals surface area contributed by atoms with Crippen LogP contribution in [0.2, 0.25) is 0 Å². The zero-order valence-corrected chi connectivity index (χ0v) is 10.00. The summed E-state index contributed by atoms with van der Waals surface area (Å²) >= 11 is 0. The van der Waals surface area contributed by atoms with Crippen molar-refractivity contribution in [3.8, 4) is 0 Å². The normalized spacial score (nSPS) is 22.7. The molecule has 0 spiro atoms. The standard InChI is InChI=1S/C12H23NO2/c1-3-4-8-13-9-6-5-7-12(13)10-15-11(2)14/h12H,3-10H2,1-2H3/t12-/m1/s1. The highest BCUT2D eigenvalue weighted by Crippen LogP contribution is 2.17. The second-order valence-electron chi connectivity index (χ2n) is 4.34. The Morgan fingerprint density at radius 2 is 2.27 bits per heavy atom. The van der Waals surface area contributed by atoms with Crippen LogP contribution in [0.25, 0.3) is 0 Å². The molecule has 0 saturated carbocycles. The first kappa shape index (κ1) is 12.5. The third-order valence-electron chi connectivity index (χ3n) is 3.03. The molecule has 88 valence electrons. The summed E-state index contributed by atoms with van der Waals surface area (Å²) in [6, 6.07) is 0.467. The van der Waals surface area contributed by atoms with Gasteiger partial charge in [-0.1, -0.05) is 19.8 Å². The summed E-state index contributed by atoms with van der Waals surface area (Å²) < 4.78 is 5.11. The largest absolute Gasteiger partial charge is 0.464 e. The summed E-state index contributed by atoms with van der Waals surface area (Å²) in [5.74, 6) is -0.156. The van der Waals surface area contributed by atoms with Gasteiger partial charge in [-0.3, -0.25) is 9.69 Å². The van der Waals surface area contributed by atoms with Crippen molar-refractivity contribution in [2.24, 2.45) is 0 Å². The van der Waals surface area contributed by atoms with Crippen LogP contribution in [-0.2, 0) is 9.53 Å². The Morgan fingerprint density at radius 1 is 1.47 bits per heavy atom. The quantitative estimate of drug-likeness (QED) is 0.656. The van der Waals surface area contributed by atoms with Crippen LogP contribution in [0.5, 0.6) is 0 Å². The van der Waals surface area contributed by atoms with Gasteiger partial charge in [0, 0.05) is 13.0 Å². The van der Waals surface area contributed by atoms with Gasteiger partial charge in [-0.05, 0) is 32.4 Å². The minimum atomic E-state index is -0.156. The van der Waals surface area contributed by atoms with E-state index in [2.05, 4.69) is 11.8 Å². The molecule has 0 aromatic rings. The van der Waals surface area contributed by atoms with Crippen LogP contribution < -0.4 is 0 Å². The molecule has 0 bridgehead atoms. The molecule has 1 rings (SSSR count). The van der Waals surface area contributed by atoms with Crippen LogP contribution in [0.1, 0.15) is 46.0 Å². The molecule has 3 heteroatoms. The van der Waals surface area contributed by atoms with Crippen molar-refractivity contribution in [3.05, 3.63) is 0 Å². The molecule has 0 aromatic carbocycles. The molecule has 1 aliphatic rings. The SMILES string of the molecule is CCCCN1CCCC[C@@H]1COC(C)=O. The van der Waals surface area contributed by atoms with Gasteiger partial charge in [0.05, 0.1) is 0 Å². The van der Waals surface area contributed by atoms with Gasteiger partial charge in [-0.25, -0.2) is 0 Å². The molecule has 0 N–H and O–H groups in total. The zero-order chi connectivity index (χ0) is 11.1. The van der Waals surface area contributed by atoms with Gasteiger partial charge in [-0.15, -0.1) is 0 Å². The monoisotopic (exact) mass is 213 g/mol. The summed E-state index contributed by atoms with van der Waals surface area (Å²) in [6.45, 7) is 6.61. The van der Waals surface area contributed by atoms with Crippen LogP contribution in [0, 0.1) is 0 Å². The first-order valence-corrected chi connectivity index (χ1v) is 6.11. The Bertz CT molecular complexity index is 194. The molecular weight excluding hydrogens is 190 g/mol. The van der Waals surface area contributed by atoms with Gasteiger partial charge in [-0.2, -0.15) is 0 Å². The Balaban J connectivity index is 2.32. The summed E-state index contributed by atoms with van der Waals surface area (Å²) in [6.07, 6.45) is 6.22. The molecule has 0 aromatic heterocycles. The van der Waals surface area contributed by atoms with Crippen molar-refractivity contribution in [2.75, 3.05) is 19.7 Å². The highest BCUT2D eigenvalue weighted by Gasteiger charge is 2.22. The highest BCUT2D eigenvalue weighted by atomic mass is 16.5. The molecular formula is C12H23NO2. The van der Waals surface area contributed by atoms with Crippen molar-refractivity contribution in [1.82, 2.24) is 4.90 Å². The maximum absolute atomic E-state index is 10.8. The fourth-order valence-electron chi connectivity index (χ4n) is 2.12. The van der Waals surface area contributed by atoms with E-state index in [9.17, 15) is 4.79 Å². The van der Waals surface area contributed by atoms with Crippen molar-refractivity contribution in [3.63, 3.8) is 0 Å². The van der Waals surface area contributed by atoms with Gasteiger partial charge in [0.2, 0.25) is 0 Å². The van der Waals surface area contributed by atoms with E-state index in [1.54, 1.807) is 0 Å². The van der Waals surface area contributed by atoms with E-state index >= 15 is 0 Å². The summed E-state index contributed by atoms with van der Waals surface area (Å²) in [7, 11) is 0. The van der Waals surface area contributed by atoms with E-state index in [1.807, 2.05) is 0 Å². The fourth-order valence-corrected chi connectivity index (χ4v) is 2.12. The second kappa shape index (κ2) is 6.83. The lowest BCUT2D eigenvalue weighted by molar-refractivity contribution is -0.143. The van der Waals surface area contributed by atoms with Crippen molar-refractivity contribution >= 4 is 5.97 Å². The maximum atomic E-state index is 10.8. The van der Waals surface area contributed by atoms with Crippen LogP contribution >= 0.6 is 0 Å². The number of esters is 1. The van der Waals surface area contributed by atoms with Crippen LogP contribution in [0.3, 0.4) is 0 Å². The minimum absolute atomic E-state index is 0.156. The molecule has 1 atom stereocenters. The average Bonchev–Trinajstić information content (AvgIpc) is 2.24. The van der Waals surface area contributed by atoms with Crippen LogP contribution in [-0.4, -0.2) is 36.6 Å². The molecule has 1 aliphatic heterocycles. The number of piperidine rings is 1. The topological polar surface area (TPSA) is 29.5 Å². The number of carbonyl (C=O) groups is 1. The predicted molar refractivity (Wildman–Crippen MR) is 60.8 cm³/mol. The molecule has 0 aliphatic carbocycles. The minimum Gasteiger partial charge on any atom is -0.464 e. The number of carbonyl (C=O) groups excluding carboxylic acids is 1. The van der Waals surface area contributed by atoms with E-state index in [1.165, 1.54) is 45.6 Å². The highest BCUT2D eigenvalue weighted by molar-refractivity contribution is 5.65. The Kier molecular flexibility index (Phi) is 5.69. The lowest BCUT2D eigenvalue weighted by atomic mass is 10.0. The molecule has 15 heavy (non-hydrogen) atoms. The van der Waals surface area contributed by atoms with E-state index in [-0.39, 0.29) is 5.97 Å². The van der Waals surface area contributed by atoms with E-state index in [0.717, 1.165) is 6.54 Å². The predicted octanol–water partition coefficient (Wildman–Crippen LogP) is 2.20. The Morgan fingerprint density at radius 3 is 2.93 bits per heavy atom. The van der Waals surface area contributed by atoms with E-state index in [4.69, 9.17) is 4.74 Å². The first-order valence-electron chi connectivity index (χ1n) is 6.11. The molecule has 0 radical (unpaired) electrons. The van der Waals surface area contributed by atoms with Crippen molar-refractivity contribution in [2.45, 2.75) is 52.0 Å². The number of unbranched alkanes of at least 4 members (excludes halogenated alkanes) is 1. The molecule has 1 saturated heterocycles. The van der Waals surface area contributed by atoms with Gasteiger partial charge < -0.3 is 4.74 Å². The second-order valence-corrected chi connectivity index (χ2v) is 4.34. The Labute approximate surface area is 92.8 Å². The van der Waals surface area contributed by atoms with Gasteiger partial charge in [0.1, 0.15) is 6.61 Å². The smallest absolute Gasteiger partial charge is 0.302 e. The van der Waals surface area contributed by atoms with Crippen molar-refractivity contribution < 1.29 is 9.53 Å². The van der Waals surface area contributed by atoms with Gasteiger partial charge in [0.15, 0.2) is 0 Å². The fraction of sp³-hybridized carbons (Fsp3) is 0.917. The zero-order valence-electron chi connectivity index (χ0n) is 10.00. The number of ether oxygens (including phenoxy) is 1. The van der Waals surface area contributed by atoms with Gasteiger partial charge >= 0.3 is 5.97 Å². The van der Waals surface area contributed by atoms with Crippen LogP contribution in [0.4, 0.5) is 0 Å². The van der Waals surface area contributed by atoms with E-state index in [0.29, 0.717) is 12.6 Å². The number of rotatable bonds is 5. The molecule has 3 nitrogen and oxygen atoms in total. The number of hydrogen-bond acceptors (Lipinski definition) is 3. The third-order valence-corrected chi connectivity index (χ3v) is 3.03. The lowest BCUT2D eigenvalue weighted by Gasteiger charge is -2.35. The lowest BCUT2D eigenvalue weighted by Crippen LogP contribution is -2.43. The Hall–Kier alpha value is -0.570. The molecule has 1 fully saturated rings. The summed E-state index contributed by atoms with van der Waals surface area (Å²) in [5, 5.41) is 0. The third kappa shape index (κ3) is 4.65. The molecule has 0 unspecified atom stereocenters. The van der Waals surface area contributed by atoms with Crippen LogP contribution in [0.15, 0.2) is 0 Å². The van der Waals surface area contributed by atoms with Gasteiger partial charge in [0.25, 0.3) is 0 Å². The summed E-state index contributed by atoms with van der Waals surface area (Å²) in [5.41, 5.74) is 0. The van der Waals surface area contributed by atoms with Crippen molar-refractivity contribution in [1.29, 1.82) is 0 Å². The maximum Gasteiger partial charge on any atom is 0.302 e. The number of hydrogen-bond donors (Lipinski definition) is 0. The molecule has 1 heterocycles. The molecule has 0 amide bonds. The van der Waals surface area contributed by atoms with E-state index < -0.39 is 0 Å². The average molecular weight is 213 g/mol. The first-order chi connectivity index (χ1) is 7.24.